The third-order valence-corrected chi connectivity index (χ3v) is 3.42. The lowest BCUT2D eigenvalue weighted by Gasteiger charge is -2.12. The number of nitrogens with two attached hydrogens (primary N) is 1. The van der Waals surface area contributed by atoms with Crippen LogP contribution >= 0.6 is 0 Å². The molecule has 0 aliphatic heterocycles. The summed E-state index contributed by atoms with van der Waals surface area (Å²) in [5.74, 6) is -0.0769. The maximum absolute atomic E-state index is 11.9. The summed E-state index contributed by atoms with van der Waals surface area (Å²) in [5.41, 5.74) is 8.31. The summed E-state index contributed by atoms with van der Waals surface area (Å²) in [6.45, 7) is 0.663. The van der Waals surface area contributed by atoms with E-state index in [0.717, 1.165) is 18.4 Å². The highest BCUT2D eigenvalue weighted by atomic mass is 16.2. The van der Waals surface area contributed by atoms with Crippen LogP contribution in [0.25, 0.3) is 0 Å². The van der Waals surface area contributed by atoms with E-state index in [1.807, 2.05) is 48.5 Å². The number of nitrogens with one attached hydrogen (secondary N) is 1. The van der Waals surface area contributed by atoms with E-state index in [-0.39, 0.29) is 5.91 Å². The molecule has 0 saturated carbocycles. The maximum Gasteiger partial charge on any atom is 0.237 e. The molecule has 2 aromatic rings. The average Bonchev–Trinajstić information content (AvgIpc) is 2.53. The second kappa shape index (κ2) is 8.22. The molecular weight excluding hydrogens is 260 g/mol. The van der Waals surface area contributed by atoms with Crippen molar-refractivity contribution in [3.05, 3.63) is 71.8 Å². The van der Waals surface area contributed by atoms with Gasteiger partial charge in [-0.15, -0.1) is 0 Å². The summed E-state index contributed by atoms with van der Waals surface area (Å²) in [6.07, 6.45) is 2.47. The fourth-order valence-corrected chi connectivity index (χ4v) is 2.24. The van der Waals surface area contributed by atoms with Gasteiger partial charge in [0.15, 0.2) is 0 Å². The molecule has 0 bridgehead atoms. The summed E-state index contributed by atoms with van der Waals surface area (Å²) in [7, 11) is 0. The van der Waals surface area contributed by atoms with Gasteiger partial charge in [0.25, 0.3) is 0 Å². The zero-order chi connectivity index (χ0) is 14.9. The summed E-state index contributed by atoms with van der Waals surface area (Å²) >= 11 is 0. The van der Waals surface area contributed by atoms with Crippen LogP contribution in [0.5, 0.6) is 0 Å². The predicted octanol–water partition coefficient (Wildman–Crippen LogP) is 2.31. The Labute approximate surface area is 126 Å². The van der Waals surface area contributed by atoms with Crippen LogP contribution in [0.15, 0.2) is 60.7 Å². The molecule has 0 heterocycles. The predicted molar refractivity (Wildman–Crippen MR) is 85.9 cm³/mol. The minimum absolute atomic E-state index is 0.0769. The number of carbonyl (C=O) groups excluding carboxylic acids is 1. The Bertz CT molecular complexity index is 540. The lowest BCUT2D eigenvalue weighted by atomic mass is 10.1. The van der Waals surface area contributed by atoms with Crippen LogP contribution in [0.2, 0.25) is 0 Å². The molecule has 0 unspecified atom stereocenters. The van der Waals surface area contributed by atoms with Crippen molar-refractivity contribution in [3.63, 3.8) is 0 Å². The summed E-state index contributed by atoms with van der Waals surface area (Å²) in [4.78, 5) is 11.9. The average molecular weight is 282 g/mol. The molecule has 2 aromatic carbocycles. The quantitative estimate of drug-likeness (QED) is 0.766. The molecule has 21 heavy (non-hydrogen) atoms. The molecule has 110 valence electrons. The molecule has 0 aromatic heterocycles. The Kier molecular flexibility index (Phi) is 5.98. The first-order valence-corrected chi connectivity index (χ1v) is 7.37. The smallest absolute Gasteiger partial charge is 0.237 e. The van der Waals surface area contributed by atoms with Crippen molar-refractivity contribution >= 4 is 5.91 Å². The highest BCUT2D eigenvalue weighted by Crippen LogP contribution is 2.03. The number of aryl methyl sites for hydroxylation is 1. The topological polar surface area (TPSA) is 55.1 Å². The minimum Gasteiger partial charge on any atom is -0.355 e. The normalized spacial score (nSPS) is 11.9. The molecule has 1 amide bonds. The van der Waals surface area contributed by atoms with Gasteiger partial charge in [0.1, 0.15) is 0 Å². The monoisotopic (exact) mass is 282 g/mol. The first-order valence-electron chi connectivity index (χ1n) is 7.37. The molecule has 1 atom stereocenters. The van der Waals surface area contributed by atoms with Crippen LogP contribution in [0.3, 0.4) is 0 Å². The third kappa shape index (κ3) is 5.40. The molecule has 0 aliphatic rings. The van der Waals surface area contributed by atoms with Crippen LogP contribution in [0.1, 0.15) is 17.5 Å². The third-order valence-electron chi connectivity index (χ3n) is 3.42. The first-order chi connectivity index (χ1) is 10.3. The molecule has 0 fully saturated rings. The van der Waals surface area contributed by atoms with Crippen LogP contribution in [0, 0.1) is 0 Å². The largest absolute Gasteiger partial charge is 0.355 e. The van der Waals surface area contributed by atoms with E-state index in [1.165, 1.54) is 5.56 Å². The van der Waals surface area contributed by atoms with E-state index >= 15 is 0 Å². The molecule has 3 N–H and O–H groups in total. The van der Waals surface area contributed by atoms with Gasteiger partial charge in [-0.25, -0.2) is 0 Å². The molecule has 3 heteroatoms. The Morgan fingerprint density at radius 3 is 2.14 bits per heavy atom. The SMILES string of the molecule is N[C@@H](Cc1ccccc1)C(=O)NCCCc1ccccc1. The lowest BCUT2D eigenvalue weighted by molar-refractivity contribution is -0.122. The zero-order valence-electron chi connectivity index (χ0n) is 12.2. The van der Waals surface area contributed by atoms with E-state index in [0.29, 0.717) is 13.0 Å². The van der Waals surface area contributed by atoms with Gasteiger partial charge in [0, 0.05) is 6.54 Å². The molecule has 0 spiro atoms. The van der Waals surface area contributed by atoms with E-state index < -0.39 is 6.04 Å². The molecule has 2 rings (SSSR count). The summed E-state index contributed by atoms with van der Waals surface area (Å²) in [6, 6.07) is 19.6. The van der Waals surface area contributed by atoms with Crippen LogP contribution in [0.4, 0.5) is 0 Å². The van der Waals surface area contributed by atoms with Gasteiger partial charge >= 0.3 is 0 Å². The fraction of sp³-hybridized carbons (Fsp3) is 0.278. The second-order valence-corrected chi connectivity index (χ2v) is 5.18. The van der Waals surface area contributed by atoms with Gasteiger partial charge in [-0.1, -0.05) is 60.7 Å². The summed E-state index contributed by atoms with van der Waals surface area (Å²) in [5, 5.41) is 2.91. The van der Waals surface area contributed by atoms with Crippen LogP contribution in [-0.4, -0.2) is 18.5 Å². The van der Waals surface area contributed by atoms with Crippen molar-refractivity contribution in [1.82, 2.24) is 5.32 Å². The van der Waals surface area contributed by atoms with E-state index in [9.17, 15) is 4.79 Å². The van der Waals surface area contributed by atoms with Crippen molar-refractivity contribution in [2.24, 2.45) is 5.73 Å². The van der Waals surface area contributed by atoms with E-state index in [1.54, 1.807) is 0 Å². The number of rotatable bonds is 7. The Morgan fingerprint density at radius 1 is 0.952 bits per heavy atom. The van der Waals surface area contributed by atoms with Crippen molar-refractivity contribution < 1.29 is 4.79 Å². The Morgan fingerprint density at radius 2 is 1.52 bits per heavy atom. The van der Waals surface area contributed by atoms with Crippen molar-refractivity contribution in [3.8, 4) is 0 Å². The maximum atomic E-state index is 11.9. The van der Waals surface area contributed by atoms with Crippen molar-refractivity contribution in [2.45, 2.75) is 25.3 Å². The Balaban J connectivity index is 1.67. The molecule has 0 aliphatic carbocycles. The van der Waals surface area contributed by atoms with Crippen LogP contribution < -0.4 is 11.1 Å². The highest BCUT2D eigenvalue weighted by molar-refractivity contribution is 5.81. The Hall–Kier alpha value is -2.13. The second-order valence-electron chi connectivity index (χ2n) is 5.18. The van der Waals surface area contributed by atoms with Crippen molar-refractivity contribution in [1.29, 1.82) is 0 Å². The molecule has 0 radical (unpaired) electrons. The van der Waals surface area contributed by atoms with Gasteiger partial charge < -0.3 is 11.1 Å². The minimum atomic E-state index is -0.482. The fourth-order valence-electron chi connectivity index (χ4n) is 2.24. The van der Waals surface area contributed by atoms with Gasteiger partial charge in [0.2, 0.25) is 5.91 Å². The number of carbonyl (C=O) groups is 1. The van der Waals surface area contributed by atoms with E-state index in [2.05, 4.69) is 17.4 Å². The van der Waals surface area contributed by atoms with Crippen LogP contribution in [-0.2, 0) is 17.6 Å². The molecule has 3 nitrogen and oxygen atoms in total. The van der Waals surface area contributed by atoms with Gasteiger partial charge in [0.05, 0.1) is 6.04 Å². The van der Waals surface area contributed by atoms with Gasteiger partial charge in [-0.3, -0.25) is 4.79 Å². The summed E-state index contributed by atoms with van der Waals surface area (Å²) < 4.78 is 0. The molecular formula is C18H22N2O. The number of hydrogen-bond acceptors (Lipinski definition) is 2. The van der Waals surface area contributed by atoms with E-state index in [4.69, 9.17) is 5.73 Å². The zero-order valence-corrected chi connectivity index (χ0v) is 12.2. The first kappa shape index (κ1) is 15.3. The standard InChI is InChI=1S/C18H22N2O/c19-17(14-16-10-5-2-6-11-16)18(21)20-13-7-12-15-8-3-1-4-9-15/h1-6,8-11,17H,7,12-14,19H2,(H,20,21)/t17-/m0/s1. The lowest BCUT2D eigenvalue weighted by Crippen LogP contribution is -2.42. The number of amides is 1. The van der Waals surface area contributed by atoms with Crippen molar-refractivity contribution in [2.75, 3.05) is 6.54 Å². The number of hydrogen-bond donors (Lipinski definition) is 2. The van der Waals surface area contributed by atoms with Gasteiger partial charge in [-0.05, 0) is 30.4 Å². The number of benzene rings is 2. The highest BCUT2D eigenvalue weighted by Gasteiger charge is 2.12. The van der Waals surface area contributed by atoms with Gasteiger partial charge in [-0.2, -0.15) is 0 Å². The molecule has 0 saturated heterocycles.